The lowest BCUT2D eigenvalue weighted by atomic mass is 10.0. The van der Waals surface area contributed by atoms with Gasteiger partial charge in [-0.2, -0.15) is 0 Å². The molecule has 0 aromatic heterocycles. The number of anilines is 1. The number of aryl methyl sites for hydroxylation is 1. The molecule has 0 spiro atoms. The SMILES string of the molecule is CCC(C)(C)NC(=O)c1ccc(C)c(NS(=O)(=O)c2ccc(Cl)cc2)c1. The normalized spacial score (nSPS) is 11.9. The van der Waals surface area contributed by atoms with Crippen LogP contribution in [0, 0.1) is 6.92 Å². The highest BCUT2D eigenvalue weighted by atomic mass is 35.5. The summed E-state index contributed by atoms with van der Waals surface area (Å²) in [6, 6.07) is 10.8. The number of amides is 1. The van der Waals surface area contributed by atoms with Crippen molar-refractivity contribution < 1.29 is 13.2 Å². The van der Waals surface area contributed by atoms with Gasteiger partial charge in [-0.25, -0.2) is 8.42 Å². The van der Waals surface area contributed by atoms with E-state index in [0.29, 0.717) is 21.8 Å². The first-order chi connectivity index (χ1) is 12.0. The molecule has 0 radical (unpaired) electrons. The maximum atomic E-state index is 12.6. The fourth-order valence-electron chi connectivity index (χ4n) is 2.16. The lowest BCUT2D eigenvalue weighted by Crippen LogP contribution is -2.42. The van der Waals surface area contributed by atoms with Gasteiger partial charge in [0, 0.05) is 16.1 Å². The Balaban J connectivity index is 2.30. The molecular weight excluding hydrogens is 372 g/mol. The third-order valence-electron chi connectivity index (χ3n) is 4.20. The first kappa shape index (κ1) is 20.3. The van der Waals surface area contributed by atoms with Crippen LogP contribution in [0.1, 0.15) is 43.1 Å². The monoisotopic (exact) mass is 394 g/mol. The summed E-state index contributed by atoms with van der Waals surface area (Å²) in [5, 5.41) is 3.39. The number of hydrogen-bond acceptors (Lipinski definition) is 3. The second kappa shape index (κ2) is 7.68. The van der Waals surface area contributed by atoms with Crippen LogP contribution in [-0.4, -0.2) is 19.9 Å². The van der Waals surface area contributed by atoms with E-state index in [1.165, 1.54) is 24.3 Å². The topological polar surface area (TPSA) is 75.3 Å². The molecule has 0 atom stereocenters. The van der Waals surface area contributed by atoms with Gasteiger partial charge in [-0.1, -0.05) is 24.6 Å². The number of hydrogen-bond donors (Lipinski definition) is 2. The highest BCUT2D eigenvalue weighted by molar-refractivity contribution is 7.92. The lowest BCUT2D eigenvalue weighted by molar-refractivity contribution is 0.0911. The number of halogens is 1. The smallest absolute Gasteiger partial charge is 0.261 e. The molecule has 26 heavy (non-hydrogen) atoms. The van der Waals surface area contributed by atoms with Gasteiger partial charge in [0.25, 0.3) is 15.9 Å². The van der Waals surface area contributed by atoms with E-state index in [0.717, 1.165) is 6.42 Å². The summed E-state index contributed by atoms with van der Waals surface area (Å²) >= 11 is 5.81. The van der Waals surface area contributed by atoms with Crippen LogP contribution in [0.2, 0.25) is 5.02 Å². The van der Waals surface area contributed by atoms with E-state index in [2.05, 4.69) is 10.0 Å². The zero-order chi connectivity index (χ0) is 19.5. The van der Waals surface area contributed by atoms with Crippen molar-refractivity contribution in [3.63, 3.8) is 0 Å². The molecule has 2 aromatic carbocycles. The van der Waals surface area contributed by atoms with Gasteiger partial charge in [0.2, 0.25) is 0 Å². The summed E-state index contributed by atoms with van der Waals surface area (Å²) in [4.78, 5) is 12.6. The van der Waals surface area contributed by atoms with Gasteiger partial charge in [-0.05, 0) is 69.2 Å². The molecule has 140 valence electrons. The fraction of sp³-hybridized carbons (Fsp3) is 0.316. The predicted molar refractivity (Wildman–Crippen MR) is 105 cm³/mol. The number of sulfonamides is 1. The lowest BCUT2D eigenvalue weighted by Gasteiger charge is -2.24. The van der Waals surface area contributed by atoms with E-state index in [-0.39, 0.29) is 16.3 Å². The summed E-state index contributed by atoms with van der Waals surface area (Å²) in [7, 11) is -3.78. The summed E-state index contributed by atoms with van der Waals surface area (Å²) in [5.41, 5.74) is 1.13. The van der Waals surface area contributed by atoms with Crippen molar-refractivity contribution in [1.29, 1.82) is 0 Å². The van der Waals surface area contributed by atoms with Gasteiger partial charge in [0.1, 0.15) is 0 Å². The fourth-order valence-corrected chi connectivity index (χ4v) is 3.41. The van der Waals surface area contributed by atoms with Crippen molar-refractivity contribution in [1.82, 2.24) is 5.32 Å². The predicted octanol–water partition coefficient (Wildman–Crippen LogP) is 4.37. The van der Waals surface area contributed by atoms with Crippen molar-refractivity contribution in [3.8, 4) is 0 Å². The highest BCUT2D eigenvalue weighted by Gasteiger charge is 2.20. The molecular formula is C19H23ClN2O3S. The van der Waals surface area contributed by atoms with Crippen LogP contribution in [0.3, 0.4) is 0 Å². The summed E-state index contributed by atoms with van der Waals surface area (Å²) in [6.07, 6.45) is 0.778. The number of carbonyl (C=O) groups excluding carboxylic acids is 1. The van der Waals surface area contributed by atoms with Gasteiger partial charge in [-0.15, -0.1) is 0 Å². The van der Waals surface area contributed by atoms with Crippen molar-refractivity contribution in [2.45, 2.75) is 44.6 Å². The maximum Gasteiger partial charge on any atom is 0.261 e. The van der Waals surface area contributed by atoms with E-state index >= 15 is 0 Å². The van der Waals surface area contributed by atoms with Crippen LogP contribution in [0.15, 0.2) is 47.4 Å². The molecule has 2 N–H and O–H groups in total. The van der Waals surface area contributed by atoms with E-state index in [1.54, 1.807) is 25.1 Å². The minimum absolute atomic E-state index is 0.100. The average molecular weight is 395 g/mol. The molecule has 0 aliphatic heterocycles. The van der Waals surface area contributed by atoms with Crippen molar-refractivity contribution in [3.05, 3.63) is 58.6 Å². The standard InChI is InChI=1S/C19H23ClN2O3S/c1-5-19(3,4)21-18(23)14-7-6-13(2)17(12-14)22-26(24,25)16-10-8-15(20)9-11-16/h6-12,22H,5H2,1-4H3,(H,21,23). The van der Waals surface area contributed by atoms with E-state index in [1.807, 2.05) is 20.8 Å². The largest absolute Gasteiger partial charge is 0.347 e. The van der Waals surface area contributed by atoms with E-state index < -0.39 is 10.0 Å². The van der Waals surface area contributed by atoms with Crippen molar-refractivity contribution in [2.75, 3.05) is 4.72 Å². The molecule has 2 aromatic rings. The molecule has 1 amide bonds. The van der Waals surface area contributed by atoms with Gasteiger partial charge in [0.15, 0.2) is 0 Å². The second-order valence-corrected chi connectivity index (χ2v) is 8.90. The highest BCUT2D eigenvalue weighted by Crippen LogP contribution is 2.23. The zero-order valence-electron chi connectivity index (χ0n) is 15.3. The minimum atomic E-state index is -3.78. The van der Waals surface area contributed by atoms with Crippen molar-refractivity contribution >= 4 is 33.2 Å². The minimum Gasteiger partial charge on any atom is -0.347 e. The molecule has 0 aliphatic carbocycles. The second-order valence-electron chi connectivity index (χ2n) is 6.78. The van der Waals surface area contributed by atoms with Crippen molar-refractivity contribution in [2.24, 2.45) is 0 Å². The summed E-state index contributed by atoms with van der Waals surface area (Å²) < 4.78 is 27.7. The van der Waals surface area contributed by atoms with Gasteiger partial charge in [-0.3, -0.25) is 9.52 Å². The van der Waals surface area contributed by atoms with Crippen LogP contribution in [0.25, 0.3) is 0 Å². The van der Waals surface area contributed by atoms with Gasteiger partial charge < -0.3 is 5.32 Å². The third kappa shape index (κ3) is 4.99. The van der Waals surface area contributed by atoms with Gasteiger partial charge in [0.05, 0.1) is 10.6 Å². The zero-order valence-corrected chi connectivity index (χ0v) is 16.8. The molecule has 0 fully saturated rings. The van der Waals surface area contributed by atoms with E-state index in [4.69, 9.17) is 11.6 Å². The van der Waals surface area contributed by atoms with Gasteiger partial charge >= 0.3 is 0 Å². The Labute approximate surface area is 159 Å². The Hall–Kier alpha value is -2.05. The Morgan fingerprint density at radius 2 is 1.73 bits per heavy atom. The number of rotatable bonds is 6. The average Bonchev–Trinajstić information content (AvgIpc) is 2.56. The number of carbonyl (C=O) groups is 1. The molecule has 0 unspecified atom stereocenters. The third-order valence-corrected chi connectivity index (χ3v) is 5.84. The molecule has 5 nitrogen and oxygen atoms in total. The Kier molecular flexibility index (Phi) is 5.98. The first-order valence-electron chi connectivity index (χ1n) is 8.25. The number of nitrogens with one attached hydrogen (secondary N) is 2. The summed E-state index contributed by atoms with van der Waals surface area (Å²) in [5.74, 6) is -0.246. The quantitative estimate of drug-likeness (QED) is 0.763. The van der Waals surface area contributed by atoms with Crippen LogP contribution in [0.5, 0.6) is 0 Å². The molecule has 0 saturated heterocycles. The maximum absolute atomic E-state index is 12.6. The molecule has 0 bridgehead atoms. The van der Waals surface area contributed by atoms with Crippen LogP contribution >= 0.6 is 11.6 Å². The van der Waals surface area contributed by atoms with E-state index in [9.17, 15) is 13.2 Å². The first-order valence-corrected chi connectivity index (χ1v) is 10.1. The molecule has 0 saturated carbocycles. The Bertz CT molecular complexity index is 907. The molecule has 0 aliphatic rings. The Morgan fingerprint density at radius 3 is 2.31 bits per heavy atom. The molecule has 7 heteroatoms. The van der Waals surface area contributed by atoms with Crippen LogP contribution < -0.4 is 10.0 Å². The van der Waals surface area contributed by atoms with Crippen LogP contribution in [-0.2, 0) is 10.0 Å². The number of benzene rings is 2. The summed E-state index contributed by atoms with van der Waals surface area (Å²) in [6.45, 7) is 7.63. The Morgan fingerprint density at radius 1 is 1.12 bits per heavy atom. The molecule has 0 heterocycles. The molecule has 2 rings (SSSR count). The van der Waals surface area contributed by atoms with Crippen LogP contribution in [0.4, 0.5) is 5.69 Å².